The summed E-state index contributed by atoms with van der Waals surface area (Å²) in [5.41, 5.74) is -0.0150. The highest BCUT2D eigenvalue weighted by molar-refractivity contribution is 7.14. The third kappa shape index (κ3) is 5.12. The number of hydrogen-bond acceptors (Lipinski definition) is 6. The van der Waals surface area contributed by atoms with Gasteiger partial charge >= 0.3 is 11.9 Å². The maximum atomic E-state index is 14.2. The zero-order valence-corrected chi connectivity index (χ0v) is 20.3. The zero-order valence-electron chi connectivity index (χ0n) is 19.4. The summed E-state index contributed by atoms with van der Waals surface area (Å²) in [5.74, 6) is -4.42. The largest absolute Gasteiger partial charge is 0.478 e. The van der Waals surface area contributed by atoms with Crippen LogP contribution in [0.3, 0.4) is 0 Å². The fourth-order valence-electron chi connectivity index (χ4n) is 3.68. The Morgan fingerprint density at radius 2 is 1.76 bits per heavy atom. The summed E-state index contributed by atoms with van der Waals surface area (Å²) in [5, 5.41) is 4.00. The van der Waals surface area contributed by atoms with E-state index in [4.69, 9.17) is 0 Å². The number of rotatable bonds is 6. The molecule has 0 fully saturated rings. The summed E-state index contributed by atoms with van der Waals surface area (Å²) in [4.78, 5) is 41.6. The number of anilines is 1. The van der Waals surface area contributed by atoms with Crippen LogP contribution < -0.4 is 21.3 Å². The summed E-state index contributed by atoms with van der Waals surface area (Å²) >= 11 is 0.944. The van der Waals surface area contributed by atoms with Crippen molar-refractivity contribution in [3.05, 3.63) is 61.7 Å². The lowest BCUT2D eigenvalue weighted by Gasteiger charge is -2.11. The highest BCUT2D eigenvalue weighted by Gasteiger charge is 2.30. The number of thiazole rings is 1. The number of hydrogen-bond donors (Lipinski definition) is 1. The molecule has 3 aromatic heterocycles. The molecule has 0 bridgehead atoms. The fraction of sp³-hybridized carbons (Fsp3) is 0.273. The van der Waals surface area contributed by atoms with Gasteiger partial charge in [0.15, 0.2) is 29.1 Å². The van der Waals surface area contributed by atoms with Crippen molar-refractivity contribution in [2.75, 3.05) is 11.9 Å². The van der Waals surface area contributed by atoms with Crippen molar-refractivity contribution in [2.24, 2.45) is 14.1 Å². The molecule has 4 rings (SSSR count). The quantitative estimate of drug-likeness (QED) is 0.376. The van der Waals surface area contributed by atoms with Gasteiger partial charge in [0.2, 0.25) is 5.91 Å². The van der Waals surface area contributed by atoms with Gasteiger partial charge in [-0.15, -0.1) is 11.3 Å². The highest BCUT2D eigenvalue weighted by Crippen LogP contribution is 2.32. The van der Waals surface area contributed by atoms with Gasteiger partial charge in [-0.2, -0.15) is 13.2 Å². The van der Waals surface area contributed by atoms with E-state index in [9.17, 15) is 36.3 Å². The Morgan fingerprint density at radius 3 is 2.38 bits per heavy atom. The first-order valence-electron chi connectivity index (χ1n) is 10.5. The number of ether oxygens (including phenoxy) is 1. The van der Waals surface area contributed by atoms with Gasteiger partial charge < -0.3 is 14.6 Å². The number of alkyl halides is 3. The van der Waals surface area contributed by atoms with Crippen molar-refractivity contribution in [2.45, 2.75) is 19.6 Å². The van der Waals surface area contributed by atoms with Gasteiger partial charge in [0.25, 0.3) is 5.56 Å². The number of fused-ring (bicyclic) bond motifs is 1. The Balaban J connectivity index is 1.54. The number of nitrogens with one attached hydrogen (secondary N) is 1. The van der Waals surface area contributed by atoms with Gasteiger partial charge in [0.05, 0.1) is 11.2 Å². The van der Waals surface area contributed by atoms with Gasteiger partial charge in [0.1, 0.15) is 12.1 Å². The van der Waals surface area contributed by atoms with Gasteiger partial charge in [-0.25, -0.2) is 18.6 Å². The number of benzene rings is 1. The summed E-state index contributed by atoms with van der Waals surface area (Å²) in [6.45, 7) is -0.471. The third-order valence-electron chi connectivity index (χ3n) is 5.45. The molecule has 1 amide bonds. The van der Waals surface area contributed by atoms with E-state index in [0.717, 1.165) is 28.0 Å². The topological polar surface area (TPSA) is 100 Å². The van der Waals surface area contributed by atoms with Gasteiger partial charge in [-0.05, 0) is 25.1 Å². The molecule has 1 aromatic carbocycles. The van der Waals surface area contributed by atoms with Gasteiger partial charge in [0, 0.05) is 30.7 Å². The van der Waals surface area contributed by atoms with Crippen LogP contribution in [-0.4, -0.2) is 37.4 Å². The van der Waals surface area contributed by atoms with Crippen molar-refractivity contribution in [1.29, 1.82) is 0 Å². The molecular formula is C22H18F5N5O4S. The lowest BCUT2D eigenvalue weighted by Crippen LogP contribution is -2.37. The molecule has 0 spiro atoms. The van der Waals surface area contributed by atoms with Gasteiger partial charge in [-0.1, -0.05) is 0 Å². The molecular weight excluding hydrogens is 525 g/mol. The second kappa shape index (κ2) is 9.46. The van der Waals surface area contributed by atoms with Crippen LogP contribution in [0.2, 0.25) is 0 Å². The molecule has 0 aliphatic heterocycles. The third-order valence-corrected chi connectivity index (χ3v) is 6.21. The van der Waals surface area contributed by atoms with E-state index in [1.54, 1.807) is 13.0 Å². The van der Waals surface area contributed by atoms with Crippen LogP contribution in [-0.2, 0) is 25.4 Å². The zero-order chi connectivity index (χ0) is 27.2. The second-order valence-corrected chi connectivity index (χ2v) is 8.93. The van der Waals surface area contributed by atoms with Crippen molar-refractivity contribution >= 4 is 33.4 Å². The normalized spacial score (nSPS) is 11.8. The smallest absolute Gasteiger partial charge is 0.422 e. The SMILES string of the molecule is Cc1cc2c(c(=O)n(C)c(=O)n2C)n1CC(=O)Nc1nc(-c2cc(F)c(OCC(F)(F)F)c(F)c2)cs1. The first-order valence-corrected chi connectivity index (χ1v) is 11.3. The number of aryl methyl sites for hydroxylation is 2. The Kier molecular flexibility index (Phi) is 6.66. The molecule has 15 heteroatoms. The number of halogens is 5. The van der Waals surface area contributed by atoms with E-state index in [0.29, 0.717) is 11.2 Å². The van der Waals surface area contributed by atoms with Crippen LogP contribution in [0.5, 0.6) is 5.75 Å². The van der Waals surface area contributed by atoms with E-state index in [2.05, 4.69) is 15.0 Å². The van der Waals surface area contributed by atoms with Crippen molar-refractivity contribution in [1.82, 2.24) is 18.7 Å². The predicted octanol–water partition coefficient (Wildman–Crippen LogP) is 3.33. The molecule has 0 saturated carbocycles. The Bertz CT molecular complexity index is 1630. The van der Waals surface area contributed by atoms with Crippen LogP contribution in [0.15, 0.2) is 33.2 Å². The first-order chi connectivity index (χ1) is 17.3. The minimum atomic E-state index is -4.77. The van der Waals surface area contributed by atoms with Gasteiger partial charge in [-0.3, -0.25) is 18.7 Å². The standard InChI is InChI=1S/C22H18F5N5O4S/c1-10-4-15-17(19(34)31(3)21(35)30(15)2)32(10)7-16(33)29-20-28-14(8-37-20)11-5-12(23)18(13(24)6-11)36-9-22(25,26)27/h4-6,8H,7,9H2,1-3H3,(H,28,29,33). The van der Waals surface area contributed by atoms with Crippen molar-refractivity contribution in [3.63, 3.8) is 0 Å². The fourth-order valence-corrected chi connectivity index (χ4v) is 4.42. The Hall–Kier alpha value is -4.01. The Labute approximate surface area is 208 Å². The molecule has 0 atom stereocenters. The van der Waals surface area contributed by atoms with E-state index < -0.39 is 47.3 Å². The van der Waals surface area contributed by atoms with Crippen molar-refractivity contribution in [3.8, 4) is 17.0 Å². The molecule has 9 nitrogen and oxygen atoms in total. The molecule has 1 N–H and O–H groups in total. The molecule has 0 saturated heterocycles. The average Bonchev–Trinajstić information content (AvgIpc) is 3.39. The van der Waals surface area contributed by atoms with E-state index in [1.807, 2.05) is 0 Å². The summed E-state index contributed by atoms with van der Waals surface area (Å²) in [6.07, 6.45) is -4.77. The lowest BCUT2D eigenvalue weighted by atomic mass is 10.1. The number of nitrogens with zero attached hydrogens (tertiary/aromatic N) is 4. The van der Waals surface area contributed by atoms with Crippen LogP contribution in [0.1, 0.15) is 5.69 Å². The summed E-state index contributed by atoms with van der Waals surface area (Å²) < 4.78 is 73.2. The molecule has 3 heterocycles. The number of aromatic nitrogens is 4. The molecule has 196 valence electrons. The number of carbonyl (C=O) groups is 1. The number of carbonyl (C=O) groups excluding carboxylic acids is 1. The monoisotopic (exact) mass is 543 g/mol. The van der Waals surface area contributed by atoms with E-state index in [1.165, 1.54) is 28.6 Å². The maximum Gasteiger partial charge on any atom is 0.422 e. The van der Waals surface area contributed by atoms with Crippen LogP contribution in [0, 0.1) is 18.6 Å². The molecule has 0 radical (unpaired) electrons. The summed E-state index contributed by atoms with van der Waals surface area (Å²) in [7, 11) is 2.83. The predicted molar refractivity (Wildman–Crippen MR) is 125 cm³/mol. The average molecular weight is 543 g/mol. The lowest BCUT2D eigenvalue weighted by molar-refractivity contribution is -0.154. The molecule has 0 unspecified atom stereocenters. The minimum absolute atomic E-state index is 0.0620. The summed E-state index contributed by atoms with van der Waals surface area (Å²) in [6, 6.07) is 3.15. The molecule has 37 heavy (non-hydrogen) atoms. The maximum absolute atomic E-state index is 14.2. The minimum Gasteiger partial charge on any atom is -0.478 e. The second-order valence-electron chi connectivity index (χ2n) is 8.07. The Morgan fingerprint density at radius 1 is 1.11 bits per heavy atom. The van der Waals surface area contributed by atoms with E-state index in [-0.39, 0.29) is 28.5 Å². The molecule has 0 aliphatic rings. The van der Waals surface area contributed by atoms with Crippen LogP contribution in [0.25, 0.3) is 22.3 Å². The molecule has 0 aliphatic carbocycles. The molecule has 4 aromatic rings. The van der Waals surface area contributed by atoms with Crippen LogP contribution in [0.4, 0.5) is 27.1 Å². The van der Waals surface area contributed by atoms with Crippen molar-refractivity contribution < 1.29 is 31.5 Å². The van der Waals surface area contributed by atoms with Crippen LogP contribution >= 0.6 is 11.3 Å². The highest BCUT2D eigenvalue weighted by atomic mass is 32.1. The number of amides is 1. The van der Waals surface area contributed by atoms with E-state index >= 15 is 0 Å². The first kappa shape index (κ1) is 26.1.